The van der Waals surface area contributed by atoms with Crippen LogP contribution in [0.15, 0.2) is 80.7 Å². The zero-order valence-electron chi connectivity index (χ0n) is 18.7. The van der Waals surface area contributed by atoms with E-state index >= 15 is 0 Å². The molecule has 0 aliphatic heterocycles. The van der Waals surface area contributed by atoms with Gasteiger partial charge in [-0.05, 0) is 70.4 Å². The van der Waals surface area contributed by atoms with Gasteiger partial charge in [-0.1, -0.05) is 30.3 Å². The van der Waals surface area contributed by atoms with Crippen LogP contribution in [0.4, 0.5) is 0 Å². The number of carbonyl (C=O) groups is 1. The maximum atomic E-state index is 12.5. The van der Waals surface area contributed by atoms with Gasteiger partial charge in [0.15, 0.2) is 17.3 Å². The Balaban J connectivity index is 1.43. The monoisotopic (exact) mass is 522 g/mol. The smallest absolute Gasteiger partial charge is 0.307 e. The third-order valence-electron chi connectivity index (χ3n) is 4.88. The minimum atomic E-state index is -0.459. The zero-order valence-corrected chi connectivity index (χ0v) is 20.3. The molecule has 0 saturated heterocycles. The fourth-order valence-corrected chi connectivity index (χ4v) is 3.87. The summed E-state index contributed by atoms with van der Waals surface area (Å²) in [5.74, 6) is 1.54. The molecule has 4 aromatic rings. The van der Waals surface area contributed by atoms with Crippen LogP contribution in [-0.2, 0) is 6.61 Å². The van der Waals surface area contributed by atoms with E-state index in [-0.39, 0.29) is 5.76 Å². The van der Waals surface area contributed by atoms with Gasteiger partial charge in [-0.2, -0.15) is 5.10 Å². The minimum Gasteiger partial charge on any atom is -0.494 e. The molecule has 7 nitrogen and oxygen atoms in total. The van der Waals surface area contributed by atoms with Crippen molar-refractivity contribution in [2.45, 2.75) is 13.5 Å². The highest BCUT2D eigenvalue weighted by Gasteiger charge is 2.14. The van der Waals surface area contributed by atoms with Crippen LogP contribution in [-0.4, -0.2) is 25.8 Å². The maximum absolute atomic E-state index is 12.5. The number of hydrazone groups is 1. The first-order valence-corrected chi connectivity index (χ1v) is 11.4. The standard InChI is InChI=1S/C26H23BrN2O5/c1-3-32-20-9-10-22-19(13-20)14-24(34-22)26(30)29-28-15-18-11-21(27)25(23(12-18)31-2)33-16-17-7-5-4-6-8-17/h4-15H,3,16H2,1-2H3,(H,29,30)/b28-15+. The van der Waals surface area contributed by atoms with Gasteiger partial charge >= 0.3 is 5.91 Å². The number of nitrogens with zero attached hydrogens (tertiary/aromatic N) is 1. The van der Waals surface area contributed by atoms with Crippen molar-refractivity contribution in [3.63, 3.8) is 0 Å². The summed E-state index contributed by atoms with van der Waals surface area (Å²) < 4.78 is 23.2. The third kappa shape index (κ3) is 5.58. The molecule has 8 heteroatoms. The Morgan fingerprint density at radius 2 is 1.91 bits per heavy atom. The van der Waals surface area contributed by atoms with E-state index in [1.807, 2.05) is 49.4 Å². The summed E-state index contributed by atoms with van der Waals surface area (Å²) in [5.41, 5.74) is 4.84. The molecule has 1 heterocycles. The molecule has 0 fully saturated rings. The molecule has 1 aromatic heterocycles. The topological polar surface area (TPSA) is 82.3 Å². The Morgan fingerprint density at radius 1 is 1.09 bits per heavy atom. The van der Waals surface area contributed by atoms with Gasteiger partial charge in [0.1, 0.15) is 17.9 Å². The second-order valence-electron chi connectivity index (χ2n) is 7.25. The van der Waals surface area contributed by atoms with E-state index in [4.69, 9.17) is 18.6 Å². The van der Waals surface area contributed by atoms with Gasteiger partial charge in [0, 0.05) is 5.39 Å². The lowest BCUT2D eigenvalue weighted by molar-refractivity contribution is 0.0929. The van der Waals surface area contributed by atoms with Crippen LogP contribution in [0.1, 0.15) is 28.6 Å². The summed E-state index contributed by atoms with van der Waals surface area (Å²) in [6.45, 7) is 2.88. The molecule has 0 atom stereocenters. The lowest BCUT2D eigenvalue weighted by atomic mass is 10.2. The van der Waals surface area contributed by atoms with Crippen LogP contribution < -0.4 is 19.6 Å². The number of hydrogen-bond acceptors (Lipinski definition) is 6. The number of ether oxygens (including phenoxy) is 3. The summed E-state index contributed by atoms with van der Waals surface area (Å²) in [6, 6.07) is 20.5. The Morgan fingerprint density at radius 3 is 2.68 bits per heavy atom. The predicted octanol–water partition coefficient (Wildman–Crippen LogP) is 5.95. The van der Waals surface area contributed by atoms with Gasteiger partial charge in [0.2, 0.25) is 0 Å². The predicted molar refractivity (Wildman–Crippen MR) is 134 cm³/mol. The van der Waals surface area contributed by atoms with Crippen molar-refractivity contribution >= 4 is 39.0 Å². The molecule has 3 aromatic carbocycles. The molecule has 1 N–H and O–H groups in total. The van der Waals surface area contributed by atoms with Crippen molar-refractivity contribution in [3.05, 3.63) is 88.1 Å². The molecular formula is C26H23BrN2O5. The second-order valence-corrected chi connectivity index (χ2v) is 8.11. The number of fused-ring (bicyclic) bond motifs is 1. The molecule has 0 unspecified atom stereocenters. The summed E-state index contributed by atoms with van der Waals surface area (Å²) in [5, 5.41) is 4.83. The molecule has 0 radical (unpaired) electrons. The number of carbonyl (C=O) groups excluding carboxylic acids is 1. The lowest BCUT2D eigenvalue weighted by Crippen LogP contribution is -2.16. The number of amides is 1. The van der Waals surface area contributed by atoms with Gasteiger partial charge in [-0.3, -0.25) is 4.79 Å². The molecule has 0 bridgehead atoms. The first kappa shape index (κ1) is 23.4. The first-order chi connectivity index (χ1) is 16.6. The largest absolute Gasteiger partial charge is 0.494 e. The maximum Gasteiger partial charge on any atom is 0.307 e. The highest BCUT2D eigenvalue weighted by atomic mass is 79.9. The Hall–Kier alpha value is -3.78. The summed E-state index contributed by atoms with van der Waals surface area (Å²) in [4.78, 5) is 12.5. The Kier molecular flexibility index (Phi) is 7.49. The van der Waals surface area contributed by atoms with Crippen molar-refractivity contribution in [3.8, 4) is 17.2 Å². The van der Waals surface area contributed by atoms with E-state index < -0.39 is 5.91 Å². The molecule has 34 heavy (non-hydrogen) atoms. The van der Waals surface area contributed by atoms with Crippen LogP contribution in [0.25, 0.3) is 11.0 Å². The van der Waals surface area contributed by atoms with Crippen LogP contribution in [0.5, 0.6) is 17.2 Å². The molecule has 1 amide bonds. The highest BCUT2D eigenvalue weighted by molar-refractivity contribution is 9.10. The highest BCUT2D eigenvalue weighted by Crippen LogP contribution is 2.36. The number of halogens is 1. The van der Waals surface area contributed by atoms with Crippen LogP contribution in [0, 0.1) is 0 Å². The van der Waals surface area contributed by atoms with E-state index in [0.29, 0.717) is 40.3 Å². The van der Waals surface area contributed by atoms with Gasteiger partial charge in [-0.15, -0.1) is 0 Å². The number of benzene rings is 3. The van der Waals surface area contributed by atoms with Gasteiger partial charge in [0.25, 0.3) is 0 Å². The Labute approximate surface area is 205 Å². The quantitative estimate of drug-likeness (QED) is 0.217. The van der Waals surface area contributed by atoms with E-state index in [1.54, 1.807) is 31.4 Å². The van der Waals surface area contributed by atoms with Crippen molar-refractivity contribution in [2.75, 3.05) is 13.7 Å². The fourth-order valence-electron chi connectivity index (χ4n) is 3.29. The summed E-state index contributed by atoms with van der Waals surface area (Å²) >= 11 is 3.53. The average Bonchev–Trinajstić information content (AvgIpc) is 3.27. The van der Waals surface area contributed by atoms with Crippen LogP contribution in [0.2, 0.25) is 0 Å². The average molecular weight is 523 g/mol. The molecule has 174 valence electrons. The Bertz CT molecular complexity index is 1320. The zero-order chi connectivity index (χ0) is 23.9. The van der Waals surface area contributed by atoms with Crippen molar-refractivity contribution < 1.29 is 23.4 Å². The van der Waals surface area contributed by atoms with E-state index in [0.717, 1.165) is 16.7 Å². The number of rotatable bonds is 9. The second kappa shape index (κ2) is 10.9. The molecule has 0 spiro atoms. The number of nitrogens with one attached hydrogen (secondary N) is 1. The molecule has 0 aliphatic rings. The lowest BCUT2D eigenvalue weighted by Gasteiger charge is -2.13. The van der Waals surface area contributed by atoms with Crippen molar-refractivity contribution in [1.29, 1.82) is 0 Å². The van der Waals surface area contributed by atoms with Crippen LogP contribution in [0.3, 0.4) is 0 Å². The van der Waals surface area contributed by atoms with Gasteiger partial charge in [0.05, 0.1) is 24.4 Å². The van der Waals surface area contributed by atoms with E-state index in [9.17, 15) is 4.79 Å². The SMILES string of the molecule is CCOc1ccc2oc(C(=O)N/N=C/c3cc(Br)c(OCc4ccccc4)c(OC)c3)cc2c1. The number of methoxy groups -OCH3 is 1. The van der Waals surface area contributed by atoms with Crippen molar-refractivity contribution in [2.24, 2.45) is 5.10 Å². The van der Waals surface area contributed by atoms with Gasteiger partial charge in [-0.25, -0.2) is 5.43 Å². The van der Waals surface area contributed by atoms with E-state index in [1.165, 1.54) is 6.21 Å². The minimum absolute atomic E-state index is 0.157. The van der Waals surface area contributed by atoms with Crippen molar-refractivity contribution in [1.82, 2.24) is 5.43 Å². The fraction of sp³-hybridized carbons (Fsp3) is 0.154. The molecule has 0 saturated carbocycles. The summed E-state index contributed by atoms with van der Waals surface area (Å²) in [6.07, 6.45) is 1.52. The third-order valence-corrected chi connectivity index (χ3v) is 5.47. The number of furan rings is 1. The first-order valence-electron chi connectivity index (χ1n) is 10.6. The molecule has 4 rings (SSSR count). The normalized spacial score (nSPS) is 11.0. The van der Waals surface area contributed by atoms with Gasteiger partial charge < -0.3 is 18.6 Å². The summed E-state index contributed by atoms with van der Waals surface area (Å²) in [7, 11) is 1.57. The van der Waals surface area contributed by atoms with Crippen LogP contribution >= 0.6 is 15.9 Å². The molecule has 0 aliphatic carbocycles. The van der Waals surface area contributed by atoms with E-state index in [2.05, 4.69) is 26.5 Å². The number of hydrogen-bond donors (Lipinski definition) is 1. The molecular weight excluding hydrogens is 500 g/mol.